The van der Waals surface area contributed by atoms with Crippen LogP contribution in [0.25, 0.3) is 0 Å². The van der Waals surface area contributed by atoms with Gasteiger partial charge in [0, 0.05) is 30.4 Å². The predicted molar refractivity (Wildman–Crippen MR) is 93.7 cm³/mol. The molecule has 0 radical (unpaired) electrons. The van der Waals surface area contributed by atoms with Crippen molar-refractivity contribution in [2.45, 2.75) is 11.4 Å². The average Bonchev–Trinajstić information content (AvgIpc) is 3.29. The maximum Gasteiger partial charge on any atom is 0.257 e. The van der Waals surface area contributed by atoms with Crippen molar-refractivity contribution >= 4 is 32.4 Å². The Bertz CT molecular complexity index is 953. The highest BCUT2D eigenvalue weighted by molar-refractivity contribution is 7.89. The molecule has 1 amide bonds. The van der Waals surface area contributed by atoms with E-state index in [0.29, 0.717) is 10.8 Å². The highest BCUT2D eigenvalue weighted by Crippen LogP contribution is 2.19. The molecule has 0 atom stereocenters. The topological polar surface area (TPSA) is 108 Å². The summed E-state index contributed by atoms with van der Waals surface area (Å²) in [7, 11) is -2.27. The zero-order valence-corrected chi connectivity index (χ0v) is 14.8. The average molecular weight is 377 g/mol. The zero-order chi connectivity index (χ0) is 17.9. The highest BCUT2D eigenvalue weighted by Gasteiger charge is 2.22. The van der Waals surface area contributed by atoms with Crippen LogP contribution in [-0.4, -0.2) is 40.9 Å². The van der Waals surface area contributed by atoms with Crippen LogP contribution < -0.4 is 5.32 Å². The molecule has 0 saturated heterocycles. The molecule has 2 N–H and O–H groups in total. The van der Waals surface area contributed by atoms with Gasteiger partial charge in [0.15, 0.2) is 5.13 Å². The van der Waals surface area contributed by atoms with Gasteiger partial charge in [0.05, 0.1) is 17.1 Å². The van der Waals surface area contributed by atoms with E-state index >= 15 is 0 Å². The van der Waals surface area contributed by atoms with Crippen molar-refractivity contribution in [3.8, 4) is 0 Å². The monoisotopic (exact) mass is 377 g/mol. The van der Waals surface area contributed by atoms with Gasteiger partial charge in [0.25, 0.3) is 5.91 Å². The number of aromatic amines is 1. The van der Waals surface area contributed by atoms with Crippen LogP contribution in [0, 0.1) is 0 Å². The number of anilines is 1. The van der Waals surface area contributed by atoms with Crippen LogP contribution in [0.4, 0.5) is 5.13 Å². The molecule has 2 heterocycles. The standard InChI is InChI=1S/C15H15N5O3S2/c1-20(10-12-5-6-17-19-12)25(22,23)13-4-2-3-11(9-13)14(21)18-15-16-7-8-24-15/h2-9H,10H2,1H3,(H,17,19)(H,16,18,21). The molecule has 3 rings (SSSR count). The Hall–Kier alpha value is -2.56. The first kappa shape index (κ1) is 17.3. The predicted octanol–water partition coefficient (Wildman–Crippen LogP) is 1.94. The first-order valence-electron chi connectivity index (χ1n) is 7.22. The van der Waals surface area contributed by atoms with Crippen molar-refractivity contribution in [2.24, 2.45) is 0 Å². The lowest BCUT2D eigenvalue weighted by Gasteiger charge is -2.16. The Balaban J connectivity index is 1.81. The molecule has 1 aromatic carbocycles. The lowest BCUT2D eigenvalue weighted by molar-refractivity contribution is 0.102. The van der Waals surface area contributed by atoms with E-state index in [1.54, 1.807) is 29.9 Å². The fourth-order valence-corrected chi connectivity index (χ4v) is 3.85. The lowest BCUT2D eigenvalue weighted by atomic mass is 10.2. The molecule has 0 aliphatic rings. The SMILES string of the molecule is CN(Cc1ccn[nH]1)S(=O)(=O)c1cccc(C(=O)Nc2nccs2)c1. The Morgan fingerprint density at radius 2 is 2.16 bits per heavy atom. The van der Waals surface area contributed by atoms with Crippen molar-refractivity contribution in [1.29, 1.82) is 0 Å². The van der Waals surface area contributed by atoms with E-state index in [9.17, 15) is 13.2 Å². The number of carbonyl (C=O) groups is 1. The molecule has 10 heteroatoms. The largest absolute Gasteiger partial charge is 0.298 e. The van der Waals surface area contributed by atoms with Gasteiger partial charge in [-0.3, -0.25) is 15.2 Å². The van der Waals surface area contributed by atoms with Crippen molar-refractivity contribution in [2.75, 3.05) is 12.4 Å². The van der Waals surface area contributed by atoms with Crippen LogP contribution in [0.15, 0.2) is 53.0 Å². The third-order valence-electron chi connectivity index (χ3n) is 3.41. The summed E-state index contributed by atoms with van der Waals surface area (Å²) in [6.07, 6.45) is 3.13. The van der Waals surface area contributed by atoms with Gasteiger partial charge < -0.3 is 0 Å². The Morgan fingerprint density at radius 3 is 2.84 bits per heavy atom. The second kappa shape index (κ2) is 7.13. The lowest BCUT2D eigenvalue weighted by Crippen LogP contribution is -2.27. The van der Waals surface area contributed by atoms with Crippen molar-refractivity contribution in [3.63, 3.8) is 0 Å². The molecule has 0 unspecified atom stereocenters. The summed E-state index contributed by atoms with van der Waals surface area (Å²) >= 11 is 1.28. The highest BCUT2D eigenvalue weighted by atomic mass is 32.2. The Kier molecular flexibility index (Phi) is 4.93. The second-order valence-electron chi connectivity index (χ2n) is 5.16. The maximum absolute atomic E-state index is 12.7. The van der Waals surface area contributed by atoms with Gasteiger partial charge in [0.2, 0.25) is 10.0 Å². The number of H-pyrrole nitrogens is 1. The molecule has 0 aliphatic heterocycles. The Morgan fingerprint density at radius 1 is 1.32 bits per heavy atom. The van der Waals surface area contributed by atoms with Gasteiger partial charge in [-0.25, -0.2) is 13.4 Å². The third kappa shape index (κ3) is 3.92. The van der Waals surface area contributed by atoms with Crippen LogP contribution in [0.1, 0.15) is 16.1 Å². The number of thiazole rings is 1. The smallest absolute Gasteiger partial charge is 0.257 e. The van der Waals surface area contributed by atoms with Crippen LogP contribution in [0.5, 0.6) is 0 Å². The summed E-state index contributed by atoms with van der Waals surface area (Å²) in [5.74, 6) is -0.414. The normalized spacial score (nSPS) is 11.6. The van der Waals surface area contributed by atoms with Crippen LogP contribution in [-0.2, 0) is 16.6 Å². The third-order valence-corrected chi connectivity index (χ3v) is 5.90. The summed E-state index contributed by atoms with van der Waals surface area (Å²) in [5, 5.41) is 11.3. The molecule has 130 valence electrons. The molecule has 8 nitrogen and oxygen atoms in total. The minimum atomic E-state index is -3.74. The number of hydrogen-bond donors (Lipinski definition) is 2. The summed E-state index contributed by atoms with van der Waals surface area (Å²) in [6, 6.07) is 7.59. The second-order valence-corrected chi connectivity index (χ2v) is 8.10. The van der Waals surface area contributed by atoms with Gasteiger partial charge in [-0.15, -0.1) is 11.3 Å². The quantitative estimate of drug-likeness (QED) is 0.682. The van der Waals surface area contributed by atoms with E-state index in [4.69, 9.17) is 0 Å². The molecule has 0 spiro atoms. The van der Waals surface area contributed by atoms with Crippen molar-refractivity contribution < 1.29 is 13.2 Å². The van der Waals surface area contributed by atoms with Gasteiger partial charge in [-0.2, -0.15) is 9.40 Å². The molecular formula is C15H15N5O3S2. The summed E-state index contributed by atoms with van der Waals surface area (Å²) in [5.41, 5.74) is 0.912. The number of hydrogen-bond acceptors (Lipinski definition) is 6. The van der Waals surface area contributed by atoms with Crippen molar-refractivity contribution in [1.82, 2.24) is 19.5 Å². The maximum atomic E-state index is 12.7. The Labute approximate surface area is 148 Å². The minimum absolute atomic E-state index is 0.0429. The number of nitrogens with zero attached hydrogens (tertiary/aromatic N) is 3. The molecule has 0 fully saturated rings. The van der Waals surface area contributed by atoms with E-state index in [0.717, 1.165) is 0 Å². The van der Waals surface area contributed by atoms with E-state index in [1.807, 2.05) is 0 Å². The van der Waals surface area contributed by atoms with E-state index < -0.39 is 15.9 Å². The molecular weight excluding hydrogens is 362 g/mol. The van der Waals surface area contributed by atoms with E-state index in [-0.39, 0.29) is 17.0 Å². The molecule has 3 aromatic rings. The zero-order valence-electron chi connectivity index (χ0n) is 13.2. The van der Waals surface area contributed by atoms with Crippen LogP contribution in [0.2, 0.25) is 0 Å². The van der Waals surface area contributed by atoms with Crippen LogP contribution in [0.3, 0.4) is 0 Å². The fourth-order valence-electron chi connectivity index (χ4n) is 2.13. The van der Waals surface area contributed by atoms with Crippen LogP contribution >= 0.6 is 11.3 Å². The number of aromatic nitrogens is 3. The first-order valence-corrected chi connectivity index (χ1v) is 9.54. The summed E-state index contributed by atoms with van der Waals surface area (Å²) in [6.45, 7) is 0.151. The number of carbonyl (C=O) groups excluding carboxylic acids is 1. The van der Waals surface area contributed by atoms with Gasteiger partial charge >= 0.3 is 0 Å². The van der Waals surface area contributed by atoms with Gasteiger partial charge in [0.1, 0.15) is 0 Å². The number of nitrogens with one attached hydrogen (secondary N) is 2. The fraction of sp³-hybridized carbons (Fsp3) is 0.133. The van der Waals surface area contributed by atoms with Crippen molar-refractivity contribution in [3.05, 3.63) is 59.4 Å². The number of benzene rings is 1. The number of amides is 1. The minimum Gasteiger partial charge on any atom is -0.298 e. The summed E-state index contributed by atoms with van der Waals surface area (Å²) < 4.78 is 26.6. The van der Waals surface area contributed by atoms with E-state index in [2.05, 4.69) is 20.5 Å². The number of rotatable bonds is 6. The summed E-state index contributed by atoms with van der Waals surface area (Å²) in [4.78, 5) is 16.3. The van der Waals surface area contributed by atoms with Gasteiger partial charge in [-0.1, -0.05) is 6.07 Å². The van der Waals surface area contributed by atoms with Gasteiger partial charge in [-0.05, 0) is 24.3 Å². The number of sulfonamides is 1. The first-order chi connectivity index (χ1) is 12.0. The molecule has 25 heavy (non-hydrogen) atoms. The molecule has 0 saturated carbocycles. The molecule has 0 bridgehead atoms. The molecule has 0 aliphatic carbocycles. The van der Waals surface area contributed by atoms with E-state index in [1.165, 1.54) is 40.9 Å². The molecule has 2 aromatic heterocycles.